The summed E-state index contributed by atoms with van der Waals surface area (Å²) in [5, 5.41) is -0.659. The summed E-state index contributed by atoms with van der Waals surface area (Å²) in [6.45, 7) is 2.07. The highest BCUT2D eigenvalue weighted by molar-refractivity contribution is 7.87. The molecule has 1 heterocycles. The zero-order chi connectivity index (χ0) is 13.1. The van der Waals surface area contributed by atoms with E-state index >= 15 is 0 Å². The molecule has 3 rings (SSSR count). The van der Waals surface area contributed by atoms with Gasteiger partial charge in [0.2, 0.25) is 0 Å². The molecular weight excluding hydrogens is 256 g/mol. The minimum absolute atomic E-state index is 0.000602. The van der Waals surface area contributed by atoms with Crippen LogP contribution in [0.2, 0.25) is 0 Å². The van der Waals surface area contributed by atoms with E-state index in [0.717, 1.165) is 19.3 Å². The summed E-state index contributed by atoms with van der Waals surface area (Å²) in [5.41, 5.74) is 0. The molecule has 18 heavy (non-hydrogen) atoms. The summed E-state index contributed by atoms with van der Waals surface area (Å²) in [6, 6.07) is 0. The van der Waals surface area contributed by atoms with E-state index in [1.165, 1.54) is 7.11 Å². The zero-order valence-corrected chi connectivity index (χ0v) is 11.4. The van der Waals surface area contributed by atoms with Crippen LogP contribution in [0.25, 0.3) is 0 Å². The van der Waals surface area contributed by atoms with Gasteiger partial charge >= 0.3 is 5.97 Å². The standard InChI is InChI=1S/C12H18O5S/c1-3-4-6-7-5-8-10(6)17-18(14,15)11(8)9(7)12(13)16-2/h6-11H,3-5H2,1-2H3. The van der Waals surface area contributed by atoms with Gasteiger partial charge in [0.1, 0.15) is 5.25 Å². The Morgan fingerprint density at radius 1 is 1.39 bits per heavy atom. The summed E-state index contributed by atoms with van der Waals surface area (Å²) < 4.78 is 34.1. The molecule has 0 amide bonds. The van der Waals surface area contributed by atoms with Gasteiger partial charge in [-0.25, -0.2) is 0 Å². The van der Waals surface area contributed by atoms with Crippen LogP contribution >= 0.6 is 0 Å². The van der Waals surface area contributed by atoms with Crippen LogP contribution in [0.3, 0.4) is 0 Å². The highest BCUT2D eigenvalue weighted by Gasteiger charge is 2.70. The molecule has 0 spiro atoms. The molecule has 1 saturated heterocycles. The third kappa shape index (κ3) is 1.42. The fourth-order valence-electron chi connectivity index (χ4n) is 4.34. The van der Waals surface area contributed by atoms with E-state index in [1.807, 2.05) is 0 Å². The van der Waals surface area contributed by atoms with Crippen molar-refractivity contribution in [3.05, 3.63) is 0 Å². The van der Waals surface area contributed by atoms with E-state index in [4.69, 9.17) is 8.92 Å². The Balaban J connectivity index is 2.00. The maximum absolute atomic E-state index is 12.0. The maximum Gasteiger partial charge on any atom is 0.310 e. The quantitative estimate of drug-likeness (QED) is 0.566. The van der Waals surface area contributed by atoms with Crippen molar-refractivity contribution >= 4 is 16.1 Å². The molecule has 2 aliphatic carbocycles. The third-order valence-corrected chi connectivity index (χ3v) is 6.65. The molecule has 0 N–H and O–H groups in total. The highest BCUT2D eigenvalue weighted by atomic mass is 32.2. The third-order valence-electron chi connectivity index (χ3n) is 4.85. The molecule has 1 aliphatic heterocycles. The topological polar surface area (TPSA) is 69.7 Å². The van der Waals surface area contributed by atoms with E-state index in [2.05, 4.69) is 6.92 Å². The Hall–Kier alpha value is -0.620. The predicted molar refractivity (Wildman–Crippen MR) is 63.1 cm³/mol. The lowest BCUT2D eigenvalue weighted by Crippen LogP contribution is -2.41. The summed E-state index contributed by atoms with van der Waals surface area (Å²) in [5.74, 6) is -0.589. The highest BCUT2D eigenvalue weighted by Crippen LogP contribution is 2.61. The lowest BCUT2D eigenvalue weighted by atomic mass is 9.76. The van der Waals surface area contributed by atoms with Gasteiger partial charge in [0.05, 0.1) is 19.1 Å². The number of rotatable bonds is 3. The first-order valence-corrected chi connectivity index (χ1v) is 7.98. The second-order valence-corrected chi connectivity index (χ2v) is 7.31. The lowest BCUT2D eigenvalue weighted by Gasteiger charge is -2.29. The Morgan fingerprint density at radius 2 is 2.11 bits per heavy atom. The number of methoxy groups -OCH3 is 1. The van der Waals surface area contributed by atoms with E-state index in [0.29, 0.717) is 0 Å². The fraction of sp³-hybridized carbons (Fsp3) is 0.917. The van der Waals surface area contributed by atoms with Crippen molar-refractivity contribution in [1.82, 2.24) is 0 Å². The van der Waals surface area contributed by atoms with Crippen molar-refractivity contribution < 1.29 is 22.1 Å². The molecule has 0 aromatic rings. The van der Waals surface area contributed by atoms with Gasteiger partial charge < -0.3 is 4.74 Å². The molecule has 102 valence electrons. The Bertz CT molecular complexity index is 471. The largest absolute Gasteiger partial charge is 0.469 e. The van der Waals surface area contributed by atoms with Gasteiger partial charge in [-0.3, -0.25) is 8.98 Å². The van der Waals surface area contributed by atoms with Gasteiger partial charge in [0, 0.05) is 5.92 Å². The first kappa shape index (κ1) is 12.4. The lowest BCUT2D eigenvalue weighted by molar-refractivity contribution is -0.148. The second kappa shape index (κ2) is 3.93. The van der Waals surface area contributed by atoms with Crippen molar-refractivity contribution in [3.63, 3.8) is 0 Å². The summed E-state index contributed by atoms with van der Waals surface area (Å²) in [6.07, 6.45) is 2.50. The van der Waals surface area contributed by atoms with Gasteiger partial charge in [-0.2, -0.15) is 8.42 Å². The molecule has 0 aromatic heterocycles. The van der Waals surface area contributed by atoms with Crippen LogP contribution in [-0.2, 0) is 23.8 Å². The number of hydrogen-bond acceptors (Lipinski definition) is 5. The SMILES string of the molecule is CCCC1C2CC3C1OS(=O)(=O)C3C2C(=O)OC. The molecular formula is C12H18O5S. The van der Waals surface area contributed by atoms with Crippen LogP contribution < -0.4 is 0 Å². The molecule has 0 aromatic carbocycles. The molecule has 3 aliphatic rings. The van der Waals surface area contributed by atoms with Crippen molar-refractivity contribution in [2.45, 2.75) is 37.5 Å². The molecule has 6 heteroatoms. The average Bonchev–Trinajstić information content (AvgIpc) is 2.90. The van der Waals surface area contributed by atoms with Crippen molar-refractivity contribution in [2.24, 2.45) is 23.7 Å². The predicted octanol–water partition coefficient (Wildman–Crippen LogP) is 0.939. The number of carbonyl (C=O) groups excluding carboxylic acids is 1. The van der Waals surface area contributed by atoms with Gasteiger partial charge in [-0.15, -0.1) is 0 Å². The molecule has 2 saturated carbocycles. The molecule has 0 radical (unpaired) electrons. The zero-order valence-electron chi connectivity index (χ0n) is 10.5. The van der Waals surface area contributed by atoms with Crippen molar-refractivity contribution in [1.29, 1.82) is 0 Å². The molecule has 6 unspecified atom stereocenters. The number of esters is 1. The van der Waals surface area contributed by atoms with Crippen LogP contribution in [0.4, 0.5) is 0 Å². The second-order valence-electron chi connectivity index (χ2n) is 5.58. The Kier molecular flexibility index (Phi) is 2.71. The number of ether oxygens (including phenoxy) is 1. The van der Waals surface area contributed by atoms with Crippen LogP contribution in [0.1, 0.15) is 26.2 Å². The Morgan fingerprint density at radius 3 is 2.72 bits per heavy atom. The number of hydrogen-bond donors (Lipinski definition) is 0. The molecule has 3 fully saturated rings. The van der Waals surface area contributed by atoms with Gasteiger partial charge in [-0.05, 0) is 24.7 Å². The average molecular weight is 274 g/mol. The van der Waals surface area contributed by atoms with E-state index < -0.39 is 21.3 Å². The van der Waals surface area contributed by atoms with Crippen LogP contribution in [0.5, 0.6) is 0 Å². The molecule has 5 nitrogen and oxygen atoms in total. The van der Waals surface area contributed by atoms with E-state index in [1.54, 1.807) is 0 Å². The number of fused-ring (bicyclic) bond motifs is 1. The fourth-order valence-corrected chi connectivity index (χ4v) is 6.43. The molecule has 6 atom stereocenters. The van der Waals surface area contributed by atoms with Gasteiger partial charge in [-0.1, -0.05) is 13.3 Å². The van der Waals surface area contributed by atoms with E-state index in [-0.39, 0.29) is 29.8 Å². The smallest absolute Gasteiger partial charge is 0.310 e. The Labute approximate surface area is 107 Å². The molecule has 2 bridgehead atoms. The summed E-state index contributed by atoms with van der Waals surface area (Å²) in [7, 11) is -2.27. The number of carbonyl (C=O) groups is 1. The van der Waals surface area contributed by atoms with Crippen LogP contribution in [0.15, 0.2) is 0 Å². The summed E-state index contributed by atoms with van der Waals surface area (Å²) in [4.78, 5) is 11.9. The van der Waals surface area contributed by atoms with Gasteiger partial charge in [0.25, 0.3) is 10.1 Å². The monoisotopic (exact) mass is 274 g/mol. The first-order chi connectivity index (χ1) is 8.51. The van der Waals surface area contributed by atoms with E-state index in [9.17, 15) is 13.2 Å². The van der Waals surface area contributed by atoms with Crippen molar-refractivity contribution in [3.8, 4) is 0 Å². The van der Waals surface area contributed by atoms with Gasteiger partial charge in [0.15, 0.2) is 0 Å². The van der Waals surface area contributed by atoms with Crippen LogP contribution in [0, 0.1) is 23.7 Å². The minimum atomic E-state index is -3.59. The summed E-state index contributed by atoms with van der Waals surface area (Å²) >= 11 is 0. The maximum atomic E-state index is 12.0. The van der Waals surface area contributed by atoms with Crippen molar-refractivity contribution in [2.75, 3.05) is 7.11 Å². The van der Waals surface area contributed by atoms with Crippen LogP contribution in [-0.4, -0.2) is 32.9 Å². The normalized spacial score (nSPS) is 47.4. The first-order valence-electron chi connectivity index (χ1n) is 6.51. The minimum Gasteiger partial charge on any atom is -0.469 e.